The van der Waals surface area contributed by atoms with Gasteiger partial charge in [0, 0.05) is 13.1 Å². The van der Waals surface area contributed by atoms with Gasteiger partial charge in [-0.15, -0.1) is 0 Å². The smallest absolute Gasteiger partial charge is 0.244 e. The quantitative estimate of drug-likeness (QED) is 0.874. The summed E-state index contributed by atoms with van der Waals surface area (Å²) in [6, 6.07) is 4.28. The highest BCUT2D eigenvalue weighted by Crippen LogP contribution is 2.22. The van der Waals surface area contributed by atoms with E-state index in [1.807, 2.05) is 0 Å². The van der Waals surface area contributed by atoms with E-state index in [1.54, 1.807) is 0 Å². The van der Waals surface area contributed by atoms with E-state index < -0.39 is 32.3 Å². The van der Waals surface area contributed by atoms with Crippen LogP contribution >= 0.6 is 0 Å². The molecule has 0 bridgehead atoms. The van der Waals surface area contributed by atoms with Gasteiger partial charge in [0.25, 0.3) is 0 Å². The Labute approximate surface area is 105 Å². The average molecular weight is 272 g/mol. The van der Waals surface area contributed by atoms with Crippen LogP contribution in [0.1, 0.15) is 12.5 Å². The third-order valence-corrected chi connectivity index (χ3v) is 4.64. The molecule has 0 spiro atoms. The topological polar surface area (TPSA) is 81.4 Å². The van der Waals surface area contributed by atoms with Crippen molar-refractivity contribution < 1.29 is 17.9 Å². The van der Waals surface area contributed by atoms with Gasteiger partial charge in [-0.2, -0.15) is 9.57 Å². The second kappa shape index (κ2) is 5.44. The molecule has 98 valence electrons. The number of sulfonamides is 1. The number of hydrogen-bond donors (Lipinski definition) is 1. The summed E-state index contributed by atoms with van der Waals surface area (Å²) in [5.74, 6) is -0.886. The van der Waals surface area contributed by atoms with Crippen molar-refractivity contribution in [1.29, 1.82) is 5.26 Å². The molecule has 1 atom stereocenters. The number of hydrogen-bond acceptors (Lipinski definition) is 4. The van der Waals surface area contributed by atoms with E-state index in [0.29, 0.717) is 0 Å². The Morgan fingerprint density at radius 2 is 2.17 bits per heavy atom. The lowest BCUT2D eigenvalue weighted by atomic mass is 10.2. The number of aliphatic hydroxyl groups is 1. The fraction of sp³-hybridized carbons (Fsp3) is 0.364. The van der Waals surface area contributed by atoms with Crippen LogP contribution in [0.5, 0.6) is 0 Å². The van der Waals surface area contributed by atoms with Crippen LogP contribution in [-0.2, 0) is 10.0 Å². The highest BCUT2D eigenvalue weighted by atomic mass is 32.2. The van der Waals surface area contributed by atoms with Gasteiger partial charge in [0.15, 0.2) is 0 Å². The molecular weight excluding hydrogens is 259 g/mol. The maximum absolute atomic E-state index is 13.4. The lowest BCUT2D eigenvalue weighted by Gasteiger charge is -2.23. The van der Waals surface area contributed by atoms with Crippen LogP contribution in [0.2, 0.25) is 0 Å². The first-order valence-corrected chi connectivity index (χ1v) is 6.57. The second-order valence-corrected chi connectivity index (χ2v) is 5.74. The molecule has 0 aliphatic carbocycles. The van der Waals surface area contributed by atoms with Gasteiger partial charge in [-0.05, 0) is 19.1 Å². The summed E-state index contributed by atoms with van der Waals surface area (Å²) in [6.07, 6.45) is 0. The van der Waals surface area contributed by atoms with Gasteiger partial charge < -0.3 is 5.11 Å². The average Bonchev–Trinajstić information content (AvgIpc) is 2.36. The fourth-order valence-electron chi connectivity index (χ4n) is 1.33. The van der Waals surface area contributed by atoms with Gasteiger partial charge in [0.05, 0.1) is 6.61 Å². The Kier molecular flexibility index (Phi) is 4.40. The molecule has 7 heteroatoms. The number of rotatable bonds is 4. The van der Waals surface area contributed by atoms with Crippen LogP contribution in [0.25, 0.3) is 0 Å². The van der Waals surface area contributed by atoms with Gasteiger partial charge >= 0.3 is 0 Å². The minimum absolute atomic E-state index is 0.368. The molecule has 5 nitrogen and oxygen atoms in total. The molecular formula is C11H13FN2O3S. The number of halogens is 1. The van der Waals surface area contributed by atoms with Crippen LogP contribution in [0, 0.1) is 17.1 Å². The van der Waals surface area contributed by atoms with Crippen molar-refractivity contribution in [3.63, 3.8) is 0 Å². The highest BCUT2D eigenvalue weighted by Gasteiger charge is 2.28. The lowest BCUT2D eigenvalue weighted by molar-refractivity contribution is 0.214. The molecule has 0 saturated heterocycles. The lowest BCUT2D eigenvalue weighted by Crippen LogP contribution is -2.37. The summed E-state index contributed by atoms with van der Waals surface area (Å²) in [5, 5.41) is 17.8. The van der Waals surface area contributed by atoms with E-state index in [1.165, 1.54) is 26.1 Å². The summed E-state index contributed by atoms with van der Waals surface area (Å²) in [7, 11) is -2.74. The molecule has 1 unspecified atom stereocenters. The summed E-state index contributed by atoms with van der Waals surface area (Å²) in [4.78, 5) is -0.396. The number of nitriles is 1. The number of likely N-dealkylation sites (N-methyl/N-ethyl adjacent to an activating group) is 1. The molecule has 1 rings (SSSR count). The van der Waals surface area contributed by atoms with E-state index in [0.717, 1.165) is 16.4 Å². The monoisotopic (exact) mass is 272 g/mol. The van der Waals surface area contributed by atoms with E-state index in [2.05, 4.69) is 0 Å². The van der Waals surface area contributed by atoms with E-state index in [9.17, 15) is 12.8 Å². The molecule has 0 aromatic heterocycles. The van der Waals surface area contributed by atoms with Crippen molar-refractivity contribution in [3.05, 3.63) is 29.6 Å². The first kappa shape index (κ1) is 14.6. The molecule has 0 radical (unpaired) electrons. The Morgan fingerprint density at radius 3 is 2.67 bits per heavy atom. The van der Waals surface area contributed by atoms with Gasteiger partial charge in [0.2, 0.25) is 10.0 Å². The van der Waals surface area contributed by atoms with E-state index >= 15 is 0 Å². The van der Waals surface area contributed by atoms with Crippen LogP contribution in [-0.4, -0.2) is 37.5 Å². The Balaban J connectivity index is 3.39. The SMILES string of the molecule is CC(CO)N(C)S(=O)(=O)c1cccc(F)c1C#N. The highest BCUT2D eigenvalue weighted by molar-refractivity contribution is 7.89. The van der Waals surface area contributed by atoms with Crippen LogP contribution < -0.4 is 0 Å². The molecule has 0 heterocycles. The summed E-state index contributed by atoms with van der Waals surface area (Å²) >= 11 is 0. The van der Waals surface area contributed by atoms with Crippen LogP contribution in [0.4, 0.5) is 4.39 Å². The predicted molar refractivity (Wildman–Crippen MR) is 62.6 cm³/mol. The van der Waals surface area contributed by atoms with Gasteiger partial charge in [-0.3, -0.25) is 0 Å². The largest absolute Gasteiger partial charge is 0.395 e. The Morgan fingerprint density at radius 1 is 1.56 bits per heavy atom. The molecule has 18 heavy (non-hydrogen) atoms. The van der Waals surface area contributed by atoms with Gasteiger partial charge in [-0.25, -0.2) is 12.8 Å². The number of nitrogens with zero attached hydrogens (tertiary/aromatic N) is 2. The van der Waals surface area contributed by atoms with Crippen LogP contribution in [0.15, 0.2) is 23.1 Å². The standard InChI is InChI=1S/C11H13FN2O3S/c1-8(7-15)14(2)18(16,17)11-5-3-4-10(12)9(11)6-13/h3-5,8,15H,7H2,1-2H3. The summed E-state index contributed by atoms with van der Waals surface area (Å²) in [5.41, 5.74) is -0.519. The Bertz CT molecular complexity index is 580. The third kappa shape index (κ3) is 2.51. The molecule has 1 aromatic carbocycles. The van der Waals surface area contributed by atoms with E-state index in [-0.39, 0.29) is 6.61 Å². The van der Waals surface area contributed by atoms with Gasteiger partial charge in [0.1, 0.15) is 22.3 Å². The van der Waals surface area contributed by atoms with Crippen molar-refractivity contribution in [2.75, 3.05) is 13.7 Å². The molecule has 0 amide bonds. The number of benzene rings is 1. The van der Waals surface area contributed by atoms with Crippen molar-refractivity contribution in [2.24, 2.45) is 0 Å². The van der Waals surface area contributed by atoms with Crippen LogP contribution in [0.3, 0.4) is 0 Å². The molecule has 0 aliphatic heterocycles. The summed E-state index contributed by atoms with van der Waals surface area (Å²) < 4.78 is 38.6. The molecule has 1 aromatic rings. The minimum atomic E-state index is -4.00. The normalized spacial score (nSPS) is 13.3. The minimum Gasteiger partial charge on any atom is -0.395 e. The first-order chi connectivity index (χ1) is 8.36. The van der Waals surface area contributed by atoms with Crippen molar-refractivity contribution in [1.82, 2.24) is 4.31 Å². The first-order valence-electron chi connectivity index (χ1n) is 5.13. The molecule has 0 fully saturated rings. The molecule has 0 saturated carbocycles. The zero-order valence-corrected chi connectivity index (χ0v) is 10.8. The third-order valence-electron chi connectivity index (χ3n) is 2.63. The van der Waals surface area contributed by atoms with Crippen molar-refractivity contribution in [2.45, 2.75) is 17.9 Å². The van der Waals surface area contributed by atoms with Crippen molar-refractivity contribution in [3.8, 4) is 6.07 Å². The zero-order chi connectivity index (χ0) is 13.9. The maximum atomic E-state index is 13.4. The predicted octanol–water partition coefficient (Wildman–Crippen LogP) is 0.699. The number of aliphatic hydroxyl groups excluding tert-OH is 1. The maximum Gasteiger partial charge on any atom is 0.244 e. The van der Waals surface area contributed by atoms with E-state index in [4.69, 9.17) is 10.4 Å². The zero-order valence-electron chi connectivity index (χ0n) is 9.96. The second-order valence-electron chi connectivity index (χ2n) is 3.78. The van der Waals surface area contributed by atoms with Gasteiger partial charge in [-0.1, -0.05) is 6.07 Å². The molecule has 0 aliphatic rings. The Hall–Kier alpha value is -1.49. The molecule has 1 N–H and O–H groups in total. The summed E-state index contributed by atoms with van der Waals surface area (Å²) in [6.45, 7) is 1.13. The van der Waals surface area contributed by atoms with Crippen molar-refractivity contribution >= 4 is 10.0 Å². The fourth-order valence-corrected chi connectivity index (χ4v) is 2.84.